The SMILES string of the molecule is CC1(C)CC(C2CCC(C3CCC(CCc4ccc(C(C)(C)C)c(O)c4C(C)(C)C)CC3)CC2)CC(C)(C)N1. The van der Waals surface area contributed by atoms with E-state index in [-0.39, 0.29) is 21.9 Å². The van der Waals surface area contributed by atoms with Gasteiger partial charge in [0.2, 0.25) is 0 Å². The number of phenolic OH excluding ortho intramolecular Hbond substituents is 1. The number of aryl methyl sites for hydroxylation is 1. The van der Waals surface area contributed by atoms with Gasteiger partial charge in [-0.25, -0.2) is 0 Å². The summed E-state index contributed by atoms with van der Waals surface area (Å²) in [5.41, 5.74) is 4.11. The Morgan fingerprint density at radius 3 is 1.62 bits per heavy atom. The lowest BCUT2D eigenvalue weighted by Gasteiger charge is -2.50. The number of piperidine rings is 1. The number of phenols is 1. The normalized spacial score (nSPS) is 30.3. The highest BCUT2D eigenvalue weighted by Gasteiger charge is 2.42. The van der Waals surface area contributed by atoms with Crippen LogP contribution in [0.2, 0.25) is 0 Å². The minimum absolute atomic E-state index is 0.0408. The molecule has 0 unspecified atom stereocenters. The van der Waals surface area contributed by atoms with Gasteiger partial charge in [-0.2, -0.15) is 0 Å². The van der Waals surface area contributed by atoms with E-state index in [2.05, 4.69) is 86.7 Å². The molecule has 2 nitrogen and oxygen atoms in total. The first-order chi connectivity index (χ1) is 18.0. The Labute approximate surface area is 242 Å². The van der Waals surface area contributed by atoms with Crippen LogP contribution in [0.4, 0.5) is 0 Å². The van der Waals surface area contributed by atoms with Crippen LogP contribution in [0.15, 0.2) is 12.1 Å². The molecule has 0 amide bonds. The molecule has 3 fully saturated rings. The molecule has 2 N–H and O–H groups in total. The minimum Gasteiger partial charge on any atom is -0.507 e. The molecule has 1 aromatic carbocycles. The first-order valence-corrected chi connectivity index (χ1v) is 16.6. The quantitative estimate of drug-likeness (QED) is 0.391. The van der Waals surface area contributed by atoms with E-state index >= 15 is 0 Å². The third-order valence-corrected chi connectivity index (χ3v) is 10.9. The standard InChI is InChI=1S/C37H63NO/c1-34(2,3)31-22-21-29(32(33(31)39)35(4,5)6)16-13-25-11-14-26(15-12-25)27-17-19-28(20-18-27)30-23-36(7,8)38-37(9,10)24-30/h21-22,25-28,30,38-39H,11-20,23-24H2,1-10H3. The van der Waals surface area contributed by atoms with E-state index in [4.69, 9.17) is 0 Å². The van der Waals surface area contributed by atoms with Crippen LogP contribution in [0.1, 0.15) is 157 Å². The fourth-order valence-corrected chi connectivity index (χ4v) is 9.41. The van der Waals surface area contributed by atoms with Gasteiger partial charge in [-0.3, -0.25) is 0 Å². The van der Waals surface area contributed by atoms with Crippen molar-refractivity contribution in [3.05, 3.63) is 28.8 Å². The average Bonchev–Trinajstić information content (AvgIpc) is 2.79. The molecule has 1 heterocycles. The number of rotatable bonds is 5. The molecule has 2 aliphatic carbocycles. The molecule has 2 saturated carbocycles. The lowest BCUT2D eigenvalue weighted by Crippen LogP contribution is -2.58. The van der Waals surface area contributed by atoms with Crippen LogP contribution in [0, 0.1) is 29.6 Å². The maximum absolute atomic E-state index is 11.3. The third-order valence-electron chi connectivity index (χ3n) is 10.9. The molecular formula is C37H63NO. The molecule has 2 heteroatoms. The summed E-state index contributed by atoms with van der Waals surface area (Å²) in [5.74, 6) is 5.22. The lowest BCUT2D eigenvalue weighted by atomic mass is 9.63. The van der Waals surface area contributed by atoms with Crippen molar-refractivity contribution in [2.45, 2.75) is 168 Å². The fraction of sp³-hybridized carbons (Fsp3) is 0.838. The summed E-state index contributed by atoms with van der Waals surface area (Å²) in [4.78, 5) is 0. The molecule has 0 radical (unpaired) electrons. The molecule has 1 saturated heterocycles. The Kier molecular flexibility index (Phi) is 8.99. The highest BCUT2D eigenvalue weighted by molar-refractivity contribution is 5.51. The Bertz CT molecular complexity index is 942. The van der Waals surface area contributed by atoms with Crippen LogP contribution >= 0.6 is 0 Å². The number of hydrogen-bond donors (Lipinski definition) is 2. The highest BCUT2D eigenvalue weighted by Crippen LogP contribution is 2.48. The van der Waals surface area contributed by atoms with Crippen molar-refractivity contribution in [1.29, 1.82) is 0 Å². The topological polar surface area (TPSA) is 32.3 Å². The Balaban J connectivity index is 1.28. The second kappa shape index (κ2) is 11.3. The highest BCUT2D eigenvalue weighted by atomic mass is 16.3. The predicted octanol–water partition coefficient (Wildman–Crippen LogP) is 10.1. The minimum atomic E-state index is -0.0448. The van der Waals surface area contributed by atoms with Gasteiger partial charge in [0.25, 0.3) is 0 Å². The summed E-state index contributed by atoms with van der Waals surface area (Å²) in [6.07, 6.45) is 16.7. The molecule has 222 valence electrons. The molecule has 1 aliphatic heterocycles. The van der Waals surface area contributed by atoms with Crippen LogP contribution in [0.3, 0.4) is 0 Å². The largest absolute Gasteiger partial charge is 0.507 e. The van der Waals surface area contributed by atoms with E-state index in [1.54, 1.807) is 0 Å². The van der Waals surface area contributed by atoms with Gasteiger partial charge >= 0.3 is 0 Å². The van der Waals surface area contributed by atoms with Crippen molar-refractivity contribution in [2.24, 2.45) is 29.6 Å². The zero-order chi connectivity index (χ0) is 28.8. The van der Waals surface area contributed by atoms with Crippen molar-refractivity contribution in [2.75, 3.05) is 0 Å². The average molecular weight is 538 g/mol. The van der Waals surface area contributed by atoms with Crippen LogP contribution in [-0.2, 0) is 17.3 Å². The molecule has 39 heavy (non-hydrogen) atoms. The first-order valence-electron chi connectivity index (χ1n) is 16.6. The zero-order valence-electron chi connectivity index (χ0n) is 27.5. The first kappa shape index (κ1) is 30.9. The van der Waals surface area contributed by atoms with E-state index in [1.165, 1.54) is 81.8 Å². The number of nitrogens with one attached hydrogen (secondary N) is 1. The van der Waals surface area contributed by atoms with E-state index < -0.39 is 0 Å². The van der Waals surface area contributed by atoms with Gasteiger partial charge in [0.15, 0.2) is 0 Å². The Hall–Kier alpha value is -1.02. The predicted molar refractivity (Wildman–Crippen MR) is 169 cm³/mol. The van der Waals surface area contributed by atoms with Crippen LogP contribution in [-0.4, -0.2) is 16.2 Å². The maximum atomic E-state index is 11.3. The van der Waals surface area contributed by atoms with Crippen molar-refractivity contribution in [3.63, 3.8) is 0 Å². The van der Waals surface area contributed by atoms with Gasteiger partial charge in [0, 0.05) is 16.6 Å². The van der Waals surface area contributed by atoms with Crippen molar-refractivity contribution in [1.82, 2.24) is 5.32 Å². The van der Waals surface area contributed by atoms with Crippen molar-refractivity contribution in [3.8, 4) is 5.75 Å². The second-order valence-corrected chi connectivity index (χ2v) is 17.6. The van der Waals surface area contributed by atoms with Crippen LogP contribution < -0.4 is 5.32 Å². The molecule has 3 aliphatic rings. The Morgan fingerprint density at radius 1 is 0.692 bits per heavy atom. The molecular weight excluding hydrogens is 474 g/mol. The molecule has 1 aromatic rings. The van der Waals surface area contributed by atoms with Crippen LogP contribution in [0.5, 0.6) is 5.75 Å². The Morgan fingerprint density at radius 2 is 1.15 bits per heavy atom. The van der Waals surface area contributed by atoms with Gasteiger partial charge < -0.3 is 10.4 Å². The van der Waals surface area contributed by atoms with Crippen molar-refractivity contribution >= 4 is 0 Å². The fourth-order valence-electron chi connectivity index (χ4n) is 9.41. The molecule has 0 aromatic heterocycles. The van der Waals surface area contributed by atoms with Gasteiger partial charge in [0.1, 0.15) is 5.75 Å². The van der Waals surface area contributed by atoms with Gasteiger partial charge in [-0.1, -0.05) is 66.5 Å². The van der Waals surface area contributed by atoms with Crippen molar-refractivity contribution < 1.29 is 5.11 Å². The van der Waals surface area contributed by atoms with E-state index in [0.717, 1.165) is 41.6 Å². The van der Waals surface area contributed by atoms with E-state index in [1.807, 2.05) is 0 Å². The second-order valence-electron chi connectivity index (χ2n) is 17.6. The van der Waals surface area contributed by atoms with Gasteiger partial charge in [0.05, 0.1) is 0 Å². The third kappa shape index (κ3) is 7.64. The number of aromatic hydroxyl groups is 1. The summed E-state index contributed by atoms with van der Waals surface area (Å²) >= 11 is 0. The van der Waals surface area contributed by atoms with Gasteiger partial charge in [-0.05, 0) is 143 Å². The lowest BCUT2D eigenvalue weighted by molar-refractivity contribution is 0.0577. The number of hydrogen-bond acceptors (Lipinski definition) is 2. The molecule has 0 atom stereocenters. The summed E-state index contributed by atoms with van der Waals surface area (Å²) in [5, 5.41) is 15.2. The smallest absolute Gasteiger partial charge is 0.123 e. The monoisotopic (exact) mass is 537 g/mol. The summed E-state index contributed by atoms with van der Waals surface area (Å²) in [6.45, 7) is 23.0. The molecule has 0 bridgehead atoms. The van der Waals surface area contributed by atoms with E-state index in [0.29, 0.717) is 5.75 Å². The summed E-state index contributed by atoms with van der Waals surface area (Å²) in [7, 11) is 0. The molecule has 4 rings (SSSR count). The van der Waals surface area contributed by atoms with Gasteiger partial charge in [-0.15, -0.1) is 0 Å². The van der Waals surface area contributed by atoms with E-state index in [9.17, 15) is 5.11 Å². The zero-order valence-corrected chi connectivity index (χ0v) is 27.5. The van der Waals surface area contributed by atoms with Crippen LogP contribution in [0.25, 0.3) is 0 Å². The molecule has 0 spiro atoms. The summed E-state index contributed by atoms with van der Waals surface area (Å²) < 4.78 is 0. The maximum Gasteiger partial charge on any atom is 0.123 e. The summed E-state index contributed by atoms with van der Waals surface area (Å²) in [6, 6.07) is 4.52. The number of benzene rings is 1.